The molecule has 0 saturated carbocycles. The highest BCUT2D eigenvalue weighted by atomic mass is 79.9. The standard InChI is InChI=1S/C25H53BrOSi/c1-7-8-9-10-12-15-18-21-24(27-28(5,6)25(2,3)4)22-19-16-13-11-14-17-20-23-26/h24H,7-23H2,1-6H3. The first-order valence-corrected chi connectivity index (χ1v) is 16.5. The van der Waals surface area contributed by atoms with Gasteiger partial charge in [0.2, 0.25) is 0 Å². The Balaban J connectivity index is 4.19. The fourth-order valence-corrected chi connectivity index (χ4v) is 5.35. The van der Waals surface area contributed by atoms with Crippen LogP contribution in [0.3, 0.4) is 0 Å². The third-order valence-corrected chi connectivity index (χ3v) is 11.7. The summed E-state index contributed by atoms with van der Waals surface area (Å²) in [5, 5.41) is 1.49. The van der Waals surface area contributed by atoms with E-state index in [0.717, 1.165) is 5.33 Å². The first-order chi connectivity index (χ1) is 13.2. The Labute approximate surface area is 188 Å². The fourth-order valence-electron chi connectivity index (χ4n) is 3.54. The van der Waals surface area contributed by atoms with E-state index < -0.39 is 8.32 Å². The number of halogens is 1. The lowest BCUT2D eigenvalue weighted by Gasteiger charge is -2.39. The molecule has 0 rings (SSSR count). The average Bonchev–Trinajstić information content (AvgIpc) is 2.61. The number of rotatable bonds is 19. The van der Waals surface area contributed by atoms with Crippen LogP contribution in [0, 0.1) is 0 Å². The molecule has 1 nitrogen and oxygen atoms in total. The van der Waals surface area contributed by atoms with Crippen LogP contribution in [0.25, 0.3) is 0 Å². The Kier molecular flexibility index (Phi) is 17.8. The number of hydrogen-bond acceptors (Lipinski definition) is 1. The van der Waals surface area contributed by atoms with E-state index in [1.807, 2.05) is 0 Å². The molecular formula is C25H53BrOSi. The zero-order valence-corrected chi connectivity index (χ0v) is 23.0. The lowest BCUT2D eigenvalue weighted by Crippen LogP contribution is -2.44. The summed E-state index contributed by atoms with van der Waals surface area (Å²) in [5.74, 6) is 0. The molecule has 0 saturated heterocycles. The Hall–Kier alpha value is 0.657. The molecule has 0 bridgehead atoms. The summed E-state index contributed by atoms with van der Waals surface area (Å²) in [6.45, 7) is 14.3. The van der Waals surface area contributed by atoms with Gasteiger partial charge in [-0.1, -0.05) is 127 Å². The van der Waals surface area contributed by atoms with E-state index in [4.69, 9.17) is 4.43 Å². The third-order valence-electron chi connectivity index (χ3n) is 6.56. The third kappa shape index (κ3) is 15.5. The van der Waals surface area contributed by atoms with Gasteiger partial charge in [-0.25, -0.2) is 0 Å². The van der Waals surface area contributed by atoms with E-state index in [-0.39, 0.29) is 0 Å². The van der Waals surface area contributed by atoms with E-state index >= 15 is 0 Å². The first-order valence-electron chi connectivity index (χ1n) is 12.5. The monoisotopic (exact) mass is 476 g/mol. The van der Waals surface area contributed by atoms with Crippen molar-refractivity contribution in [1.29, 1.82) is 0 Å². The zero-order chi connectivity index (χ0) is 21.3. The molecule has 1 unspecified atom stereocenters. The minimum absolute atomic E-state index is 0.320. The van der Waals surface area contributed by atoms with Crippen molar-refractivity contribution in [3.63, 3.8) is 0 Å². The van der Waals surface area contributed by atoms with E-state index in [9.17, 15) is 0 Å². The first kappa shape index (κ1) is 28.7. The second kappa shape index (κ2) is 17.3. The van der Waals surface area contributed by atoms with Gasteiger partial charge in [-0.2, -0.15) is 0 Å². The second-order valence-electron chi connectivity index (χ2n) is 10.4. The molecule has 0 aromatic carbocycles. The van der Waals surface area contributed by atoms with Crippen LogP contribution in [-0.2, 0) is 4.43 Å². The Morgan fingerprint density at radius 1 is 0.679 bits per heavy atom. The summed E-state index contributed by atoms with van der Waals surface area (Å²) < 4.78 is 6.84. The van der Waals surface area contributed by atoms with Gasteiger partial charge in [-0.15, -0.1) is 0 Å². The van der Waals surface area contributed by atoms with Crippen LogP contribution in [0.15, 0.2) is 0 Å². The molecule has 3 heteroatoms. The molecule has 170 valence electrons. The van der Waals surface area contributed by atoms with E-state index in [1.54, 1.807) is 0 Å². The number of unbranched alkanes of at least 4 members (excludes halogenated alkanes) is 12. The maximum Gasteiger partial charge on any atom is 0.192 e. The topological polar surface area (TPSA) is 9.23 Å². The maximum atomic E-state index is 6.84. The smallest absolute Gasteiger partial charge is 0.192 e. The molecule has 0 fully saturated rings. The van der Waals surface area contributed by atoms with E-state index in [0.29, 0.717) is 11.1 Å². The molecule has 0 aromatic heterocycles. The molecule has 1 atom stereocenters. The summed E-state index contributed by atoms with van der Waals surface area (Å²) in [6.07, 6.45) is 22.6. The minimum Gasteiger partial charge on any atom is -0.414 e. The van der Waals surface area contributed by atoms with Gasteiger partial charge in [0.05, 0.1) is 0 Å². The van der Waals surface area contributed by atoms with Gasteiger partial charge in [0.25, 0.3) is 0 Å². The van der Waals surface area contributed by atoms with Gasteiger partial charge < -0.3 is 4.43 Å². The Bertz CT molecular complexity index is 338. The highest BCUT2D eigenvalue weighted by Crippen LogP contribution is 2.38. The summed E-state index contributed by atoms with van der Waals surface area (Å²) in [4.78, 5) is 0. The average molecular weight is 478 g/mol. The van der Waals surface area contributed by atoms with Crippen molar-refractivity contribution in [1.82, 2.24) is 0 Å². The van der Waals surface area contributed by atoms with Crippen LogP contribution >= 0.6 is 15.9 Å². The molecule has 0 radical (unpaired) electrons. The van der Waals surface area contributed by atoms with Crippen molar-refractivity contribution >= 4 is 24.2 Å². The zero-order valence-electron chi connectivity index (χ0n) is 20.4. The van der Waals surface area contributed by atoms with Crippen molar-refractivity contribution in [2.24, 2.45) is 0 Å². The molecule has 0 aliphatic carbocycles. The van der Waals surface area contributed by atoms with Crippen molar-refractivity contribution in [2.75, 3.05) is 5.33 Å². The quantitative estimate of drug-likeness (QED) is 0.102. The molecule has 0 N–H and O–H groups in total. The maximum absolute atomic E-state index is 6.84. The van der Waals surface area contributed by atoms with Crippen molar-refractivity contribution < 1.29 is 4.43 Å². The van der Waals surface area contributed by atoms with Crippen LogP contribution in [0.2, 0.25) is 18.1 Å². The van der Waals surface area contributed by atoms with Crippen molar-refractivity contribution in [3.05, 3.63) is 0 Å². The SMILES string of the molecule is CCCCCCCCCC(CCCCCCCCCBr)O[Si](C)(C)C(C)(C)C. The van der Waals surface area contributed by atoms with Gasteiger partial charge in [0.15, 0.2) is 8.32 Å². The Morgan fingerprint density at radius 2 is 1.07 bits per heavy atom. The number of hydrogen-bond donors (Lipinski definition) is 0. The molecular weight excluding hydrogens is 424 g/mol. The van der Waals surface area contributed by atoms with Crippen LogP contribution < -0.4 is 0 Å². The van der Waals surface area contributed by atoms with Crippen molar-refractivity contribution in [2.45, 2.75) is 155 Å². The normalized spacial score (nSPS) is 13.8. The molecule has 0 spiro atoms. The van der Waals surface area contributed by atoms with Crippen LogP contribution in [0.5, 0.6) is 0 Å². The fraction of sp³-hybridized carbons (Fsp3) is 1.00. The highest BCUT2D eigenvalue weighted by Gasteiger charge is 2.38. The van der Waals surface area contributed by atoms with E-state index in [1.165, 1.54) is 103 Å². The number of alkyl halides is 1. The lowest BCUT2D eigenvalue weighted by molar-refractivity contribution is 0.154. The Morgan fingerprint density at radius 3 is 1.46 bits per heavy atom. The summed E-state index contributed by atoms with van der Waals surface area (Å²) >= 11 is 3.53. The molecule has 0 amide bonds. The van der Waals surface area contributed by atoms with Gasteiger partial charge in [-0.05, 0) is 37.4 Å². The molecule has 0 aliphatic heterocycles. The van der Waals surface area contributed by atoms with Crippen molar-refractivity contribution in [3.8, 4) is 0 Å². The van der Waals surface area contributed by atoms with Gasteiger partial charge >= 0.3 is 0 Å². The van der Waals surface area contributed by atoms with Crippen LogP contribution in [0.1, 0.15) is 130 Å². The summed E-state index contributed by atoms with van der Waals surface area (Å²) in [5.41, 5.74) is 0. The molecule has 28 heavy (non-hydrogen) atoms. The minimum atomic E-state index is -1.65. The second-order valence-corrected chi connectivity index (χ2v) is 15.9. The van der Waals surface area contributed by atoms with Crippen LogP contribution in [-0.4, -0.2) is 19.8 Å². The summed E-state index contributed by atoms with van der Waals surface area (Å²) in [6, 6.07) is 0. The largest absolute Gasteiger partial charge is 0.414 e. The predicted molar refractivity (Wildman–Crippen MR) is 135 cm³/mol. The molecule has 0 aromatic rings. The van der Waals surface area contributed by atoms with Gasteiger partial charge in [-0.3, -0.25) is 0 Å². The van der Waals surface area contributed by atoms with E-state index in [2.05, 4.69) is 56.7 Å². The molecule has 0 aliphatic rings. The molecule has 0 heterocycles. The van der Waals surface area contributed by atoms with Crippen LogP contribution in [0.4, 0.5) is 0 Å². The highest BCUT2D eigenvalue weighted by molar-refractivity contribution is 9.09. The van der Waals surface area contributed by atoms with Gasteiger partial charge in [0.1, 0.15) is 0 Å². The summed E-state index contributed by atoms with van der Waals surface area (Å²) in [7, 11) is -1.65. The lowest BCUT2D eigenvalue weighted by atomic mass is 10.0. The van der Waals surface area contributed by atoms with Gasteiger partial charge in [0, 0.05) is 11.4 Å². The predicted octanol–water partition coefficient (Wildman–Crippen LogP) is 10.0.